The van der Waals surface area contributed by atoms with E-state index in [0.717, 1.165) is 44.9 Å². The maximum Gasteiger partial charge on any atom is 0.362 e. The van der Waals surface area contributed by atoms with Crippen LogP contribution in [-0.2, 0) is 28.6 Å². The second kappa shape index (κ2) is 42.0. The molecule has 0 amide bonds. The molecule has 0 saturated heterocycles. The summed E-state index contributed by atoms with van der Waals surface area (Å²) in [4.78, 5) is 37.0. The molecule has 342 valence electrons. The van der Waals surface area contributed by atoms with E-state index in [2.05, 4.69) is 56.4 Å². The fourth-order valence-electron chi connectivity index (χ4n) is 6.94. The average molecular weight is 831 g/mol. The summed E-state index contributed by atoms with van der Waals surface area (Å²) in [5.41, 5.74) is 0. The first-order chi connectivity index (χ1) is 28.6. The number of unbranched alkanes of at least 4 members (excludes halogenated alkanes) is 21. The summed E-state index contributed by atoms with van der Waals surface area (Å²) in [5, 5.41) is 9.63. The molecule has 0 heterocycles. The van der Waals surface area contributed by atoms with E-state index < -0.39 is 18.1 Å². The highest BCUT2D eigenvalue weighted by atomic mass is 16.6. The summed E-state index contributed by atoms with van der Waals surface area (Å²) in [5.74, 6) is -1.56. The number of quaternary nitrogens is 1. The van der Waals surface area contributed by atoms with E-state index in [-0.39, 0.29) is 42.7 Å². The number of carboxylic acid groups (broad SMARTS) is 1. The van der Waals surface area contributed by atoms with Gasteiger partial charge in [-0.25, -0.2) is 4.79 Å². The Morgan fingerprint density at radius 1 is 0.508 bits per heavy atom. The lowest BCUT2D eigenvalue weighted by Crippen LogP contribution is -2.50. The molecule has 0 aromatic heterocycles. The molecular formula is C51H92NO7+. The van der Waals surface area contributed by atoms with Crippen LogP contribution in [0.5, 0.6) is 0 Å². The number of carboxylic acids is 1. The molecule has 0 aliphatic heterocycles. The minimum absolute atomic E-state index is 0.0404. The van der Waals surface area contributed by atoms with Crippen LogP contribution in [-0.4, -0.2) is 80.6 Å². The molecule has 0 bridgehead atoms. The highest BCUT2D eigenvalue weighted by Crippen LogP contribution is 2.14. The molecule has 0 aromatic rings. The van der Waals surface area contributed by atoms with Crippen molar-refractivity contribution in [1.82, 2.24) is 0 Å². The van der Waals surface area contributed by atoms with Crippen molar-refractivity contribution >= 4 is 17.9 Å². The van der Waals surface area contributed by atoms with Gasteiger partial charge in [-0.15, -0.1) is 0 Å². The highest BCUT2D eigenvalue weighted by molar-refractivity contribution is 5.72. The van der Waals surface area contributed by atoms with Gasteiger partial charge < -0.3 is 23.8 Å². The van der Waals surface area contributed by atoms with Crippen molar-refractivity contribution < 1.29 is 38.2 Å². The molecule has 8 nitrogen and oxygen atoms in total. The number of hydrogen-bond acceptors (Lipinski definition) is 6. The molecule has 0 aliphatic carbocycles. The normalized spacial score (nSPS) is 13.3. The van der Waals surface area contributed by atoms with Crippen LogP contribution in [0.2, 0.25) is 0 Å². The van der Waals surface area contributed by atoms with Crippen LogP contribution in [0.4, 0.5) is 0 Å². The fraction of sp³-hybridized carbons (Fsp3) is 0.784. The third kappa shape index (κ3) is 40.5. The van der Waals surface area contributed by atoms with Crippen molar-refractivity contribution in [2.45, 2.75) is 219 Å². The molecule has 0 fully saturated rings. The Balaban J connectivity index is 4.32. The number of carbonyl (C=O) groups is 3. The standard InChI is InChI=1S/C51H91NO7/c1-6-8-10-12-14-16-18-20-21-22-23-24-25-26-27-28-30-32-34-36-38-40-42-50(54)59-47(45-57-44-43-48(51(55)56)52(3,4)5)46-58-49(53)41-39-37-35-33-31-29-19-17-15-13-11-9-7-2/h22-23,25-26,29,31,35,37,47-48H,6-21,24,27-28,30,32-34,36,38-46H2,1-5H3/p+1/b23-22+,26-25+,31-29+,37-35+. The number of hydrogen-bond donors (Lipinski definition) is 1. The van der Waals surface area contributed by atoms with E-state index in [1.54, 1.807) is 0 Å². The Kier molecular flexibility index (Phi) is 40.1. The van der Waals surface area contributed by atoms with Crippen LogP contribution in [0, 0.1) is 0 Å². The molecule has 59 heavy (non-hydrogen) atoms. The highest BCUT2D eigenvalue weighted by Gasteiger charge is 2.31. The van der Waals surface area contributed by atoms with Gasteiger partial charge in [-0.2, -0.15) is 0 Å². The molecule has 0 saturated carbocycles. The summed E-state index contributed by atoms with van der Waals surface area (Å²) in [6.07, 6.45) is 50.3. The van der Waals surface area contributed by atoms with Gasteiger partial charge in [0.25, 0.3) is 0 Å². The van der Waals surface area contributed by atoms with Crippen molar-refractivity contribution in [2.24, 2.45) is 0 Å². The predicted molar refractivity (Wildman–Crippen MR) is 248 cm³/mol. The van der Waals surface area contributed by atoms with Crippen molar-refractivity contribution in [1.29, 1.82) is 0 Å². The number of ether oxygens (including phenoxy) is 3. The van der Waals surface area contributed by atoms with E-state index in [4.69, 9.17) is 14.2 Å². The molecule has 0 spiro atoms. The van der Waals surface area contributed by atoms with Crippen LogP contribution < -0.4 is 0 Å². The van der Waals surface area contributed by atoms with E-state index in [1.807, 2.05) is 27.2 Å². The topological polar surface area (TPSA) is 99.1 Å². The first kappa shape index (κ1) is 56.3. The van der Waals surface area contributed by atoms with Gasteiger partial charge in [-0.05, 0) is 64.2 Å². The SMILES string of the molecule is CCCCCCCC/C=C/C/C=C/CCC(=O)OCC(COCCC(C(=O)O)[N+](C)(C)C)OC(=O)CCCCCCCCC/C=C/C/C=C/CCCCCCCCCC. The zero-order chi connectivity index (χ0) is 43.5. The Hall–Kier alpha value is -2.71. The van der Waals surface area contributed by atoms with E-state index in [1.165, 1.54) is 122 Å². The van der Waals surface area contributed by atoms with Gasteiger partial charge in [0.1, 0.15) is 6.61 Å². The summed E-state index contributed by atoms with van der Waals surface area (Å²) in [6, 6.07) is -0.624. The minimum Gasteiger partial charge on any atom is -0.477 e. The van der Waals surface area contributed by atoms with Gasteiger partial charge in [0.15, 0.2) is 12.1 Å². The third-order valence-electron chi connectivity index (χ3n) is 10.7. The van der Waals surface area contributed by atoms with E-state index in [9.17, 15) is 19.5 Å². The minimum atomic E-state index is -0.883. The number of esters is 2. The average Bonchev–Trinajstić information content (AvgIpc) is 3.19. The van der Waals surface area contributed by atoms with Crippen molar-refractivity contribution in [3.63, 3.8) is 0 Å². The van der Waals surface area contributed by atoms with E-state index >= 15 is 0 Å². The molecule has 1 N–H and O–H groups in total. The largest absolute Gasteiger partial charge is 0.477 e. The first-order valence-electron chi connectivity index (χ1n) is 24.2. The van der Waals surface area contributed by atoms with Gasteiger partial charge in [0, 0.05) is 19.3 Å². The molecule has 8 heteroatoms. The van der Waals surface area contributed by atoms with Gasteiger partial charge in [-0.1, -0.05) is 172 Å². The van der Waals surface area contributed by atoms with Gasteiger partial charge in [-0.3, -0.25) is 9.59 Å². The van der Waals surface area contributed by atoms with Crippen LogP contribution in [0.25, 0.3) is 0 Å². The summed E-state index contributed by atoms with van der Waals surface area (Å²) >= 11 is 0. The number of carbonyl (C=O) groups excluding carboxylic acids is 2. The Morgan fingerprint density at radius 2 is 0.932 bits per heavy atom. The fourth-order valence-corrected chi connectivity index (χ4v) is 6.94. The van der Waals surface area contributed by atoms with Gasteiger partial charge in [0.05, 0.1) is 34.4 Å². The summed E-state index contributed by atoms with van der Waals surface area (Å²) in [7, 11) is 5.51. The molecule has 0 aliphatic rings. The molecular weight excluding hydrogens is 739 g/mol. The van der Waals surface area contributed by atoms with Crippen LogP contribution in [0.1, 0.15) is 206 Å². The maximum atomic E-state index is 12.8. The lowest BCUT2D eigenvalue weighted by atomic mass is 10.1. The quantitative estimate of drug-likeness (QED) is 0.0283. The number of aliphatic carboxylic acids is 1. The third-order valence-corrected chi connectivity index (χ3v) is 10.7. The van der Waals surface area contributed by atoms with Crippen molar-refractivity contribution in [3.05, 3.63) is 48.6 Å². The Bertz CT molecular complexity index is 1110. The lowest BCUT2D eigenvalue weighted by Gasteiger charge is -2.31. The Labute approximate surface area is 363 Å². The molecule has 0 radical (unpaired) electrons. The number of allylic oxidation sites excluding steroid dienone is 8. The molecule has 2 unspecified atom stereocenters. The van der Waals surface area contributed by atoms with Crippen LogP contribution in [0.15, 0.2) is 48.6 Å². The summed E-state index contributed by atoms with van der Waals surface area (Å²) in [6.45, 7) is 4.66. The zero-order valence-electron chi connectivity index (χ0n) is 39.0. The predicted octanol–water partition coefficient (Wildman–Crippen LogP) is 13.6. The molecule has 0 aromatic carbocycles. The monoisotopic (exact) mass is 831 g/mol. The van der Waals surface area contributed by atoms with Gasteiger partial charge >= 0.3 is 17.9 Å². The smallest absolute Gasteiger partial charge is 0.362 e. The Morgan fingerprint density at radius 3 is 1.37 bits per heavy atom. The van der Waals surface area contributed by atoms with Crippen LogP contribution >= 0.6 is 0 Å². The van der Waals surface area contributed by atoms with Crippen LogP contribution in [0.3, 0.4) is 0 Å². The second-order valence-corrected chi connectivity index (χ2v) is 17.4. The maximum absolute atomic E-state index is 12.8. The first-order valence-corrected chi connectivity index (χ1v) is 24.2. The van der Waals surface area contributed by atoms with Crippen molar-refractivity contribution in [3.8, 4) is 0 Å². The lowest BCUT2D eigenvalue weighted by molar-refractivity contribution is -0.887. The molecule has 2 atom stereocenters. The molecule has 0 rings (SSSR count). The zero-order valence-corrected chi connectivity index (χ0v) is 39.0. The summed E-state index contributed by atoms with van der Waals surface area (Å²) < 4.78 is 17.2. The van der Waals surface area contributed by atoms with Gasteiger partial charge in [0.2, 0.25) is 0 Å². The number of nitrogens with zero attached hydrogens (tertiary/aromatic N) is 1. The van der Waals surface area contributed by atoms with Crippen molar-refractivity contribution in [2.75, 3.05) is 41.0 Å². The van der Waals surface area contributed by atoms with E-state index in [0.29, 0.717) is 19.3 Å². The number of rotatable bonds is 43. The second-order valence-electron chi connectivity index (χ2n) is 17.4. The number of likely N-dealkylation sites (N-methyl/N-ethyl adjacent to an activating group) is 1.